The van der Waals surface area contributed by atoms with E-state index in [4.69, 9.17) is 9.47 Å². The third kappa shape index (κ3) is 7.56. The van der Waals surface area contributed by atoms with Gasteiger partial charge in [0.1, 0.15) is 17.5 Å². The molecule has 0 bridgehead atoms. The molecule has 182 valence electrons. The van der Waals surface area contributed by atoms with Gasteiger partial charge in [-0.3, -0.25) is 14.5 Å². The SMILES string of the molecule is C[C@@H](Nc1ccc(NC(=O)CN2CCOCC2)cc1)C(=O)Nc1ccc(Oc2ccccc2)cc1. The molecule has 0 spiro atoms. The monoisotopic (exact) mass is 474 g/mol. The number of para-hydroxylation sites is 1. The van der Waals surface area contributed by atoms with Crippen LogP contribution in [0.25, 0.3) is 0 Å². The van der Waals surface area contributed by atoms with E-state index in [1.165, 1.54) is 0 Å². The van der Waals surface area contributed by atoms with Gasteiger partial charge in [0.05, 0.1) is 19.8 Å². The zero-order valence-electron chi connectivity index (χ0n) is 19.7. The van der Waals surface area contributed by atoms with Crippen molar-refractivity contribution in [3.63, 3.8) is 0 Å². The lowest BCUT2D eigenvalue weighted by Crippen LogP contribution is -2.41. The normalized spacial score (nSPS) is 14.5. The van der Waals surface area contributed by atoms with E-state index in [0.717, 1.165) is 24.5 Å². The second-order valence-corrected chi connectivity index (χ2v) is 8.31. The molecule has 1 saturated heterocycles. The Balaban J connectivity index is 1.23. The average Bonchev–Trinajstić information content (AvgIpc) is 2.87. The number of amides is 2. The van der Waals surface area contributed by atoms with Gasteiger partial charge in [0, 0.05) is 30.2 Å². The first-order valence-electron chi connectivity index (χ1n) is 11.7. The van der Waals surface area contributed by atoms with E-state index in [2.05, 4.69) is 20.9 Å². The standard InChI is InChI=1S/C27H30N4O4/c1-20(27(33)30-23-11-13-25(14-12-23)35-24-5-3-2-4-6-24)28-21-7-9-22(10-8-21)29-26(32)19-31-15-17-34-18-16-31/h2-14,20,28H,15-19H2,1H3,(H,29,32)(H,30,33)/t20-/m1/s1. The summed E-state index contributed by atoms with van der Waals surface area (Å²) in [7, 11) is 0. The predicted molar refractivity (Wildman–Crippen MR) is 137 cm³/mol. The van der Waals surface area contributed by atoms with Gasteiger partial charge in [-0.15, -0.1) is 0 Å². The Labute approximate surface area is 205 Å². The van der Waals surface area contributed by atoms with Gasteiger partial charge in [-0.25, -0.2) is 0 Å². The van der Waals surface area contributed by atoms with Crippen molar-refractivity contribution >= 4 is 28.9 Å². The summed E-state index contributed by atoms with van der Waals surface area (Å²) >= 11 is 0. The molecule has 1 fully saturated rings. The minimum atomic E-state index is -0.461. The van der Waals surface area contributed by atoms with Crippen LogP contribution in [0.4, 0.5) is 17.1 Å². The summed E-state index contributed by atoms with van der Waals surface area (Å²) < 4.78 is 11.1. The van der Waals surface area contributed by atoms with Gasteiger partial charge < -0.3 is 25.4 Å². The number of anilines is 3. The van der Waals surface area contributed by atoms with Crippen LogP contribution in [0.3, 0.4) is 0 Å². The van der Waals surface area contributed by atoms with Crippen molar-refractivity contribution in [3.8, 4) is 11.5 Å². The quantitative estimate of drug-likeness (QED) is 0.431. The number of morpholine rings is 1. The molecular formula is C27H30N4O4. The molecule has 0 saturated carbocycles. The lowest BCUT2D eigenvalue weighted by molar-refractivity contribution is -0.118. The van der Waals surface area contributed by atoms with E-state index in [-0.39, 0.29) is 11.8 Å². The Kier molecular flexibility index (Phi) is 8.32. The van der Waals surface area contributed by atoms with Gasteiger partial charge in [-0.05, 0) is 67.6 Å². The number of nitrogens with zero attached hydrogens (tertiary/aromatic N) is 1. The highest BCUT2D eigenvalue weighted by Crippen LogP contribution is 2.23. The minimum absolute atomic E-state index is 0.0551. The van der Waals surface area contributed by atoms with Crippen molar-refractivity contribution in [3.05, 3.63) is 78.9 Å². The third-order valence-corrected chi connectivity index (χ3v) is 5.52. The first kappa shape index (κ1) is 24.3. The van der Waals surface area contributed by atoms with E-state index in [9.17, 15) is 9.59 Å². The number of benzene rings is 3. The number of carbonyl (C=O) groups is 2. The first-order valence-corrected chi connectivity index (χ1v) is 11.7. The fourth-order valence-electron chi connectivity index (χ4n) is 3.61. The van der Waals surface area contributed by atoms with Crippen molar-refractivity contribution in [2.45, 2.75) is 13.0 Å². The van der Waals surface area contributed by atoms with Crippen LogP contribution in [0.1, 0.15) is 6.92 Å². The zero-order chi connectivity index (χ0) is 24.5. The van der Waals surface area contributed by atoms with Gasteiger partial charge in [0.15, 0.2) is 0 Å². The summed E-state index contributed by atoms with van der Waals surface area (Å²) in [6.07, 6.45) is 0. The summed E-state index contributed by atoms with van der Waals surface area (Å²) in [5, 5.41) is 8.99. The van der Waals surface area contributed by atoms with Gasteiger partial charge in [-0.1, -0.05) is 18.2 Å². The Bertz CT molecular complexity index is 1100. The molecule has 1 aliphatic rings. The summed E-state index contributed by atoms with van der Waals surface area (Å²) in [5.41, 5.74) is 2.18. The maximum atomic E-state index is 12.6. The highest BCUT2D eigenvalue weighted by atomic mass is 16.5. The van der Waals surface area contributed by atoms with Crippen LogP contribution in [0.2, 0.25) is 0 Å². The fraction of sp³-hybridized carbons (Fsp3) is 0.259. The largest absolute Gasteiger partial charge is 0.457 e. The van der Waals surface area contributed by atoms with Crippen LogP contribution in [0, 0.1) is 0 Å². The maximum Gasteiger partial charge on any atom is 0.246 e. The van der Waals surface area contributed by atoms with Crippen LogP contribution < -0.4 is 20.7 Å². The van der Waals surface area contributed by atoms with Gasteiger partial charge in [0.25, 0.3) is 0 Å². The number of hydrogen-bond donors (Lipinski definition) is 3. The zero-order valence-corrected chi connectivity index (χ0v) is 19.7. The molecule has 8 heteroatoms. The molecule has 4 rings (SSSR count). The van der Waals surface area contributed by atoms with Crippen LogP contribution in [-0.4, -0.2) is 55.6 Å². The Morgan fingerprint density at radius 2 is 1.40 bits per heavy atom. The van der Waals surface area contributed by atoms with Gasteiger partial charge >= 0.3 is 0 Å². The van der Waals surface area contributed by atoms with Crippen LogP contribution in [-0.2, 0) is 14.3 Å². The second kappa shape index (κ2) is 12.0. The Morgan fingerprint density at radius 1 is 0.829 bits per heavy atom. The van der Waals surface area contributed by atoms with Crippen molar-refractivity contribution in [2.24, 2.45) is 0 Å². The minimum Gasteiger partial charge on any atom is -0.457 e. The number of nitrogens with one attached hydrogen (secondary N) is 3. The predicted octanol–water partition coefficient (Wildman–Crippen LogP) is 4.19. The number of rotatable bonds is 9. The van der Waals surface area contributed by atoms with Gasteiger partial charge in [0.2, 0.25) is 11.8 Å². The van der Waals surface area contributed by atoms with E-state index in [0.29, 0.717) is 36.9 Å². The Morgan fingerprint density at radius 3 is 2.09 bits per heavy atom. The molecule has 0 radical (unpaired) electrons. The molecule has 3 aromatic rings. The highest BCUT2D eigenvalue weighted by molar-refractivity contribution is 5.96. The van der Waals surface area contributed by atoms with Gasteiger partial charge in [-0.2, -0.15) is 0 Å². The number of carbonyl (C=O) groups excluding carboxylic acids is 2. The molecule has 3 N–H and O–H groups in total. The van der Waals surface area contributed by atoms with Crippen molar-refractivity contribution < 1.29 is 19.1 Å². The molecule has 35 heavy (non-hydrogen) atoms. The number of ether oxygens (including phenoxy) is 2. The molecule has 0 aliphatic carbocycles. The molecule has 8 nitrogen and oxygen atoms in total. The molecular weight excluding hydrogens is 444 g/mol. The molecule has 2 amide bonds. The molecule has 1 aliphatic heterocycles. The third-order valence-electron chi connectivity index (χ3n) is 5.52. The van der Waals surface area contributed by atoms with Crippen molar-refractivity contribution in [1.82, 2.24) is 4.90 Å². The molecule has 1 atom stereocenters. The van der Waals surface area contributed by atoms with Crippen molar-refractivity contribution in [2.75, 3.05) is 48.8 Å². The van der Waals surface area contributed by atoms with Crippen LogP contribution >= 0.6 is 0 Å². The van der Waals surface area contributed by atoms with Crippen molar-refractivity contribution in [1.29, 1.82) is 0 Å². The smallest absolute Gasteiger partial charge is 0.246 e. The fourth-order valence-corrected chi connectivity index (χ4v) is 3.61. The highest BCUT2D eigenvalue weighted by Gasteiger charge is 2.15. The molecule has 0 aromatic heterocycles. The average molecular weight is 475 g/mol. The molecule has 1 heterocycles. The Hall–Kier alpha value is -3.88. The van der Waals surface area contributed by atoms with Crippen LogP contribution in [0.5, 0.6) is 11.5 Å². The molecule has 0 unspecified atom stereocenters. The lowest BCUT2D eigenvalue weighted by atomic mass is 10.2. The van der Waals surface area contributed by atoms with E-state index in [1.54, 1.807) is 19.1 Å². The van der Waals surface area contributed by atoms with E-state index in [1.807, 2.05) is 66.7 Å². The lowest BCUT2D eigenvalue weighted by Gasteiger charge is -2.25. The van der Waals surface area contributed by atoms with Crippen LogP contribution in [0.15, 0.2) is 78.9 Å². The topological polar surface area (TPSA) is 91.9 Å². The second-order valence-electron chi connectivity index (χ2n) is 8.31. The summed E-state index contributed by atoms with van der Waals surface area (Å²) in [5.74, 6) is 1.23. The van der Waals surface area contributed by atoms with E-state index >= 15 is 0 Å². The summed E-state index contributed by atoms with van der Waals surface area (Å²) in [6, 6.07) is 23.6. The first-order chi connectivity index (χ1) is 17.0. The maximum absolute atomic E-state index is 12.6. The van der Waals surface area contributed by atoms with E-state index < -0.39 is 6.04 Å². The number of hydrogen-bond acceptors (Lipinski definition) is 6. The molecule has 3 aromatic carbocycles. The summed E-state index contributed by atoms with van der Waals surface area (Å²) in [6.45, 7) is 4.99. The summed E-state index contributed by atoms with van der Waals surface area (Å²) in [4.78, 5) is 26.9.